The van der Waals surface area contributed by atoms with Crippen LogP contribution in [0.2, 0.25) is 0 Å². The van der Waals surface area contributed by atoms with Crippen LogP contribution in [0.3, 0.4) is 0 Å². The number of rotatable bonds is 6. The molecule has 0 saturated heterocycles. The van der Waals surface area contributed by atoms with Crippen LogP contribution in [0, 0.1) is 0 Å². The molecule has 1 saturated carbocycles. The van der Waals surface area contributed by atoms with E-state index in [1.165, 1.54) is 6.42 Å². The zero-order valence-electron chi connectivity index (χ0n) is 9.71. The topological polar surface area (TPSA) is 46.5 Å². The molecule has 0 aromatic carbocycles. The zero-order valence-corrected chi connectivity index (χ0v) is 11.3. The third-order valence-electron chi connectivity index (χ3n) is 3.24. The van der Waals surface area contributed by atoms with Crippen LogP contribution >= 0.6 is 15.9 Å². The first-order valence-corrected chi connectivity index (χ1v) is 7.23. The highest BCUT2D eigenvalue weighted by molar-refractivity contribution is 9.09. The van der Waals surface area contributed by atoms with Crippen molar-refractivity contribution in [3.63, 3.8) is 0 Å². The summed E-state index contributed by atoms with van der Waals surface area (Å²) >= 11 is 3.13. The fourth-order valence-electron chi connectivity index (χ4n) is 2.43. The molecule has 0 unspecified atom stereocenters. The van der Waals surface area contributed by atoms with Crippen molar-refractivity contribution in [3.8, 4) is 0 Å². The highest BCUT2D eigenvalue weighted by Gasteiger charge is 2.34. The Morgan fingerprint density at radius 1 is 1.25 bits per heavy atom. The van der Waals surface area contributed by atoms with Crippen molar-refractivity contribution in [3.05, 3.63) is 0 Å². The van der Waals surface area contributed by atoms with Gasteiger partial charge in [-0.2, -0.15) is 0 Å². The average molecular weight is 293 g/mol. The average Bonchev–Trinajstić information content (AvgIpc) is 2.30. The van der Waals surface area contributed by atoms with Crippen molar-refractivity contribution in [2.45, 2.75) is 57.0 Å². The maximum Gasteiger partial charge on any atom is 0.317 e. The van der Waals surface area contributed by atoms with E-state index < -0.39 is 0 Å². The summed E-state index contributed by atoms with van der Waals surface area (Å²) in [6.45, 7) is 0.225. The number of halogens is 1. The molecule has 0 spiro atoms. The van der Waals surface area contributed by atoms with Gasteiger partial charge in [0.15, 0.2) is 0 Å². The van der Waals surface area contributed by atoms with Crippen molar-refractivity contribution in [2.24, 2.45) is 0 Å². The van der Waals surface area contributed by atoms with Crippen molar-refractivity contribution >= 4 is 21.9 Å². The molecule has 3 nitrogen and oxygen atoms in total. The summed E-state index contributed by atoms with van der Waals surface area (Å²) in [5.41, 5.74) is -0.238. The Balaban J connectivity index is 2.49. The van der Waals surface area contributed by atoms with E-state index in [0.29, 0.717) is 0 Å². The third kappa shape index (κ3) is 4.42. The van der Waals surface area contributed by atoms with Gasteiger partial charge in [0.05, 0.1) is 0 Å². The molecule has 0 bridgehead atoms. The Hall–Kier alpha value is -0.0900. The standard InChI is InChI=1S/C12H21BrO3/c13-10-11(15)16-12(8-4-5-9-14)6-2-1-3-7-12/h14H,1-10H2. The molecule has 1 N–H and O–H groups in total. The van der Waals surface area contributed by atoms with Gasteiger partial charge < -0.3 is 9.84 Å². The second kappa shape index (κ2) is 7.28. The number of aliphatic hydroxyl groups is 1. The van der Waals surface area contributed by atoms with E-state index in [9.17, 15) is 4.79 Å². The van der Waals surface area contributed by atoms with Crippen LogP contribution < -0.4 is 0 Å². The van der Waals surface area contributed by atoms with E-state index in [1.54, 1.807) is 0 Å². The number of esters is 1. The molecule has 1 rings (SSSR count). The fourth-order valence-corrected chi connectivity index (χ4v) is 2.54. The summed E-state index contributed by atoms with van der Waals surface area (Å²) in [5.74, 6) is -0.161. The molecule has 0 aromatic heterocycles. The smallest absolute Gasteiger partial charge is 0.317 e. The molecular formula is C12H21BrO3. The van der Waals surface area contributed by atoms with Gasteiger partial charge in [0.25, 0.3) is 0 Å². The van der Waals surface area contributed by atoms with Crippen LogP contribution in [0.5, 0.6) is 0 Å². The van der Waals surface area contributed by atoms with Crippen LogP contribution in [0.25, 0.3) is 0 Å². The number of aliphatic hydroxyl groups excluding tert-OH is 1. The lowest BCUT2D eigenvalue weighted by atomic mass is 9.81. The largest absolute Gasteiger partial charge is 0.458 e. The number of unbranched alkanes of at least 4 members (excludes halogenated alkanes) is 1. The summed E-state index contributed by atoms with van der Waals surface area (Å²) in [7, 11) is 0. The highest BCUT2D eigenvalue weighted by atomic mass is 79.9. The van der Waals surface area contributed by atoms with Gasteiger partial charge in [-0.1, -0.05) is 22.4 Å². The first kappa shape index (κ1) is 14.0. The lowest BCUT2D eigenvalue weighted by Gasteiger charge is -2.36. The fraction of sp³-hybridized carbons (Fsp3) is 0.917. The van der Waals surface area contributed by atoms with Gasteiger partial charge in [-0.3, -0.25) is 4.79 Å². The minimum atomic E-state index is -0.238. The van der Waals surface area contributed by atoms with Crippen molar-refractivity contribution in [2.75, 3.05) is 11.9 Å². The van der Waals surface area contributed by atoms with Gasteiger partial charge in [0, 0.05) is 6.61 Å². The molecule has 0 aromatic rings. The highest BCUT2D eigenvalue weighted by Crippen LogP contribution is 2.36. The number of alkyl halides is 1. The lowest BCUT2D eigenvalue weighted by Crippen LogP contribution is -2.37. The van der Waals surface area contributed by atoms with E-state index in [0.717, 1.165) is 44.9 Å². The van der Waals surface area contributed by atoms with Gasteiger partial charge in [-0.05, 0) is 44.9 Å². The van der Waals surface area contributed by atoms with Gasteiger partial charge in [-0.25, -0.2) is 0 Å². The van der Waals surface area contributed by atoms with Crippen LogP contribution in [0.15, 0.2) is 0 Å². The first-order chi connectivity index (χ1) is 7.72. The summed E-state index contributed by atoms with van der Waals surface area (Å²) < 4.78 is 5.61. The predicted octanol–water partition coefficient (Wildman–Crippen LogP) is 2.79. The van der Waals surface area contributed by atoms with Crippen molar-refractivity contribution in [1.29, 1.82) is 0 Å². The predicted molar refractivity (Wildman–Crippen MR) is 66.6 cm³/mol. The van der Waals surface area contributed by atoms with E-state index in [-0.39, 0.29) is 23.5 Å². The Labute approximate surface area is 106 Å². The van der Waals surface area contributed by atoms with Crippen molar-refractivity contribution < 1.29 is 14.6 Å². The molecule has 0 amide bonds. The normalized spacial score (nSPS) is 19.4. The summed E-state index contributed by atoms with van der Waals surface area (Å²) in [6.07, 6.45) is 8.14. The van der Waals surface area contributed by atoms with Crippen LogP contribution in [0.4, 0.5) is 0 Å². The Morgan fingerprint density at radius 3 is 2.50 bits per heavy atom. The third-order valence-corrected chi connectivity index (χ3v) is 3.70. The van der Waals surface area contributed by atoms with Crippen LogP contribution in [0.1, 0.15) is 51.4 Å². The van der Waals surface area contributed by atoms with Crippen LogP contribution in [-0.4, -0.2) is 28.6 Å². The Morgan fingerprint density at radius 2 is 1.94 bits per heavy atom. The van der Waals surface area contributed by atoms with E-state index in [4.69, 9.17) is 9.84 Å². The zero-order chi connectivity index (χ0) is 11.9. The number of carbonyl (C=O) groups excluding carboxylic acids is 1. The Kier molecular flexibility index (Phi) is 6.36. The number of hydrogen-bond donors (Lipinski definition) is 1. The second-order valence-corrected chi connectivity index (χ2v) is 5.09. The van der Waals surface area contributed by atoms with E-state index in [1.807, 2.05) is 0 Å². The second-order valence-electron chi connectivity index (χ2n) is 4.53. The van der Waals surface area contributed by atoms with Gasteiger partial charge in [0.1, 0.15) is 10.9 Å². The molecule has 1 aliphatic carbocycles. The quantitative estimate of drug-likeness (QED) is 0.465. The molecule has 0 radical (unpaired) electrons. The molecule has 0 atom stereocenters. The summed E-state index contributed by atoms with van der Waals surface area (Å²) in [4.78, 5) is 11.4. The maximum absolute atomic E-state index is 11.4. The number of ether oxygens (including phenoxy) is 1. The monoisotopic (exact) mass is 292 g/mol. The van der Waals surface area contributed by atoms with Gasteiger partial charge >= 0.3 is 5.97 Å². The molecule has 16 heavy (non-hydrogen) atoms. The summed E-state index contributed by atoms with van der Waals surface area (Å²) in [6, 6.07) is 0. The van der Waals surface area contributed by atoms with Gasteiger partial charge in [-0.15, -0.1) is 0 Å². The molecule has 0 aliphatic heterocycles. The van der Waals surface area contributed by atoms with Crippen molar-refractivity contribution in [1.82, 2.24) is 0 Å². The molecule has 0 heterocycles. The van der Waals surface area contributed by atoms with E-state index in [2.05, 4.69) is 15.9 Å². The first-order valence-electron chi connectivity index (χ1n) is 6.11. The lowest BCUT2D eigenvalue weighted by molar-refractivity contribution is -0.161. The molecule has 94 valence electrons. The maximum atomic E-state index is 11.4. The SMILES string of the molecule is O=C(CBr)OC1(CCCCO)CCCCC1. The van der Waals surface area contributed by atoms with E-state index >= 15 is 0 Å². The molecular weight excluding hydrogens is 272 g/mol. The molecule has 1 aliphatic rings. The number of hydrogen-bond acceptors (Lipinski definition) is 3. The van der Waals surface area contributed by atoms with Crippen LogP contribution in [-0.2, 0) is 9.53 Å². The molecule has 4 heteroatoms. The Bertz CT molecular complexity index is 212. The molecule has 1 fully saturated rings. The number of carbonyl (C=O) groups is 1. The minimum Gasteiger partial charge on any atom is -0.458 e. The summed E-state index contributed by atoms with van der Waals surface area (Å²) in [5, 5.41) is 9.07. The minimum absolute atomic E-state index is 0.161. The van der Waals surface area contributed by atoms with Gasteiger partial charge in [0.2, 0.25) is 0 Å².